The van der Waals surface area contributed by atoms with E-state index in [0.717, 1.165) is 23.1 Å². The van der Waals surface area contributed by atoms with E-state index in [1.807, 2.05) is 24.3 Å². The number of rotatable bonds is 12. The maximum Gasteiger partial charge on any atom is 0.248 e. The van der Waals surface area contributed by atoms with Crippen LogP contribution in [0, 0.1) is 0 Å². The number of aromatic hydroxyl groups is 1. The summed E-state index contributed by atoms with van der Waals surface area (Å²) in [7, 11) is 0. The molecule has 7 heteroatoms. The maximum atomic E-state index is 11.3. The van der Waals surface area contributed by atoms with Gasteiger partial charge in [-0.05, 0) is 59.5 Å². The monoisotopic (exact) mass is 450 g/mol. The molecule has 0 spiro atoms. The molecule has 33 heavy (non-hydrogen) atoms. The molecule has 0 radical (unpaired) electrons. The fourth-order valence-electron chi connectivity index (χ4n) is 3.50. The van der Waals surface area contributed by atoms with Crippen LogP contribution in [-0.2, 0) is 31.0 Å². The molecule has 1 atom stereocenters. The van der Waals surface area contributed by atoms with Crippen LogP contribution in [0.1, 0.15) is 44.3 Å². The second-order valence-electron chi connectivity index (χ2n) is 7.89. The molecule has 0 aliphatic rings. The quantitative estimate of drug-likeness (QED) is 0.270. The molecule has 0 bridgehead atoms. The van der Waals surface area contributed by atoms with E-state index in [9.17, 15) is 20.1 Å². The number of ether oxygens (including phenoxy) is 1. The number of phenols is 1. The Morgan fingerprint density at radius 1 is 0.970 bits per heavy atom. The Bertz CT molecular complexity index is 1070. The van der Waals surface area contributed by atoms with Crippen molar-refractivity contribution in [3.63, 3.8) is 0 Å². The second-order valence-corrected chi connectivity index (χ2v) is 7.89. The zero-order chi connectivity index (χ0) is 23.6. The van der Waals surface area contributed by atoms with E-state index in [4.69, 9.17) is 10.5 Å². The molecule has 0 aromatic heterocycles. The van der Waals surface area contributed by atoms with Crippen LogP contribution in [-0.4, -0.2) is 34.3 Å². The predicted octanol–water partition coefficient (Wildman–Crippen LogP) is 2.57. The molecule has 3 aromatic rings. The molecule has 174 valence electrons. The largest absolute Gasteiger partial charge is 0.508 e. The van der Waals surface area contributed by atoms with Crippen molar-refractivity contribution >= 4 is 5.91 Å². The molecule has 0 aliphatic heterocycles. The summed E-state index contributed by atoms with van der Waals surface area (Å²) in [6.45, 7) is 1.61. The van der Waals surface area contributed by atoms with E-state index >= 15 is 0 Å². The Hall–Kier alpha value is -3.23. The second kappa shape index (κ2) is 12.1. The first-order valence-electron chi connectivity index (χ1n) is 10.8. The highest BCUT2D eigenvalue weighted by Crippen LogP contribution is 2.22. The van der Waals surface area contributed by atoms with Crippen molar-refractivity contribution in [1.29, 1.82) is 0 Å². The number of aliphatic hydroxyl groups excluding tert-OH is 2. The van der Waals surface area contributed by atoms with Crippen LogP contribution in [0.4, 0.5) is 0 Å². The summed E-state index contributed by atoms with van der Waals surface area (Å²) in [5, 5.41) is 32.5. The third-order valence-electron chi connectivity index (χ3n) is 5.33. The topological polar surface area (TPSA) is 125 Å². The molecule has 6 N–H and O–H groups in total. The fourth-order valence-corrected chi connectivity index (χ4v) is 3.50. The van der Waals surface area contributed by atoms with Gasteiger partial charge in [-0.15, -0.1) is 0 Å². The van der Waals surface area contributed by atoms with Crippen LogP contribution < -0.4 is 11.1 Å². The SMILES string of the molecule is NC(=O)c1cccc(COCc2cccc(CCNC[C@@H](O)c3ccc(O)c(CO)c3)c2)c1. The van der Waals surface area contributed by atoms with E-state index < -0.39 is 12.0 Å². The number of hydrogen-bond acceptors (Lipinski definition) is 6. The number of amides is 1. The Morgan fingerprint density at radius 2 is 1.67 bits per heavy atom. The van der Waals surface area contributed by atoms with Crippen LogP contribution in [0.5, 0.6) is 5.75 Å². The first-order valence-corrected chi connectivity index (χ1v) is 10.8. The van der Waals surface area contributed by atoms with Gasteiger partial charge in [0, 0.05) is 17.7 Å². The number of nitrogens with two attached hydrogens (primary N) is 1. The first kappa shape index (κ1) is 24.4. The van der Waals surface area contributed by atoms with Gasteiger partial charge in [0.15, 0.2) is 0 Å². The van der Waals surface area contributed by atoms with Gasteiger partial charge >= 0.3 is 0 Å². The van der Waals surface area contributed by atoms with Crippen LogP contribution in [0.3, 0.4) is 0 Å². The van der Waals surface area contributed by atoms with Gasteiger partial charge in [0.1, 0.15) is 5.75 Å². The summed E-state index contributed by atoms with van der Waals surface area (Å²) in [6, 6.07) is 20.0. The fraction of sp³-hybridized carbons (Fsp3) is 0.269. The number of benzene rings is 3. The lowest BCUT2D eigenvalue weighted by Crippen LogP contribution is -2.23. The summed E-state index contributed by atoms with van der Waals surface area (Å²) in [6.07, 6.45) is 0.0577. The van der Waals surface area contributed by atoms with Crippen molar-refractivity contribution in [3.8, 4) is 5.75 Å². The lowest BCUT2D eigenvalue weighted by Gasteiger charge is -2.14. The molecule has 0 fully saturated rings. The lowest BCUT2D eigenvalue weighted by molar-refractivity contribution is 0.0997. The minimum absolute atomic E-state index is 0.0180. The molecule has 3 aromatic carbocycles. The molecular weight excluding hydrogens is 420 g/mol. The van der Waals surface area contributed by atoms with E-state index in [1.54, 1.807) is 30.3 Å². The van der Waals surface area contributed by atoms with E-state index in [0.29, 0.717) is 43.0 Å². The summed E-state index contributed by atoms with van der Waals surface area (Å²) < 4.78 is 5.79. The maximum absolute atomic E-state index is 11.3. The highest BCUT2D eigenvalue weighted by molar-refractivity contribution is 5.92. The zero-order valence-corrected chi connectivity index (χ0v) is 18.4. The Labute approximate surface area is 193 Å². The standard InChI is InChI=1S/C26H30N2O5/c27-26(32)22-6-2-5-20(12-22)17-33-16-19-4-1-3-18(11-19)9-10-28-14-25(31)21-7-8-24(30)23(13-21)15-29/h1-8,11-13,25,28-31H,9-10,14-17H2,(H2,27,32)/t25-/m1/s1. The highest BCUT2D eigenvalue weighted by Gasteiger charge is 2.10. The van der Waals surface area contributed by atoms with Gasteiger partial charge in [0.25, 0.3) is 0 Å². The van der Waals surface area contributed by atoms with Crippen molar-refractivity contribution in [2.75, 3.05) is 13.1 Å². The minimum Gasteiger partial charge on any atom is -0.508 e. The Morgan fingerprint density at radius 3 is 2.39 bits per heavy atom. The van der Waals surface area contributed by atoms with Crippen LogP contribution in [0.25, 0.3) is 0 Å². The van der Waals surface area contributed by atoms with Gasteiger partial charge in [-0.25, -0.2) is 0 Å². The van der Waals surface area contributed by atoms with Crippen molar-refractivity contribution < 1.29 is 24.9 Å². The molecule has 0 unspecified atom stereocenters. The van der Waals surface area contributed by atoms with E-state index in [-0.39, 0.29) is 12.4 Å². The number of primary amides is 1. The van der Waals surface area contributed by atoms with Crippen LogP contribution in [0.15, 0.2) is 66.7 Å². The molecule has 7 nitrogen and oxygen atoms in total. The predicted molar refractivity (Wildman–Crippen MR) is 125 cm³/mol. The summed E-state index contributed by atoms with van der Waals surface area (Å²) in [5.74, 6) is -0.437. The summed E-state index contributed by atoms with van der Waals surface area (Å²) in [5.41, 5.74) is 9.92. The minimum atomic E-state index is -0.733. The molecule has 1 amide bonds. The molecule has 3 rings (SSSR count). The number of hydrogen-bond donors (Lipinski definition) is 5. The number of carbonyl (C=O) groups excluding carboxylic acids is 1. The average molecular weight is 451 g/mol. The highest BCUT2D eigenvalue weighted by atomic mass is 16.5. The summed E-state index contributed by atoms with van der Waals surface area (Å²) in [4.78, 5) is 11.3. The lowest BCUT2D eigenvalue weighted by atomic mass is 10.0. The van der Waals surface area contributed by atoms with Gasteiger partial charge in [-0.3, -0.25) is 4.79 Å². The van der Waals surface area contributed by atoms with Crippen molar-refractivity contribution in [2.45, 2.75) is 32.3 Å². The van der Waals surface area contributed by atoms with E-state index in [1.165, 1.54) is 6.07 Å². The zero-order valence-electron chi connectivity index (χ0n) is 18.4. The first-order chi connectivity index (χ1) is 16.0. The normalized spacial score (nSPS) is 11.9. The van der Waals surface area contributed by atoms with Gasteiger partial charge in [0.2, 0.25) is 5.91 Å². The van der Waals surface area contributed by atoms with Crippen LogP contribution >= 0.6 is 0 Å². The van der Waals surface area contributed by atoms with Crippen molar-refractivity contribution in [3.05, 3.63) is 100 Å². The van der Waals surface area contributed by atoms with Crippen molar-refractivity contribution in [1.82, 2.24) is 5.32 Å². The average Bonchev–Trinajstić information content (AvgIpc) is 2.82. The third-order valence-corrected chi connectivity index (χ3v) is 5.33. The molecular formula is C26H30N2O5. The summed E-state index contributed by atoms with van der Waals surface area (Å²) >= 11 is 0. The van der Waals surface area contributed by atoms with Gasteiger partial charge in [-0.2, -0.15) is 0 Å². The molecule has 0 saturated heterocycles. The van der Waals surface area contributed by atoms with Gasteiger partial charge in [0.05, 0.1) is 25.9 Å². The third kappa shape index (κ3) is 7.40. The van der Waals surface area contributed by atoms with Gasteiger partial charge < -0.3 is 31.1 Å². The molecule has 0 heterocycles. The Balaban J connectivity index is 1.42. The Kier molecular flexibility index (Phi) is 8.97. The molecule has 0 saturated carbocycles. The number of aliphatic hydroxyl groups is 2. The molecule has 0 aliphatic carbocycles. The van der Waals surface area contributed by atoms with E-state index in [2.05, 4.69) is 11.4 Å². The smallest absolute Gasteiger partial charge is 0.248 e. The number of nitrogens with one attached hydrogen (secondary N) is 1. The van der Waals surface area contributed by atoms with Crippen LogP contribution in [0.2, 0.25) is 0 Å². The van der Waals surface area contributed by atoms with Gasteiger partial charge in [-0.1, -0.05) is 42.5 Å². The number of carbonyl (C=O) groups is 1. The van der Waals surface area contributed by atoms with Crippen molar-refractivity contribution in [2.24, 2.45) is 5.73 Å².